The maximum absolute atomic E-state index is 12.5. The number of sulfone groups is 1. The highest BCUT2D eigenvalue weighted by Gasteiger charge is 2.31. The molecule has 0 radical (unpaired) electrons. The molecule has 4 nitrogen and oxygen atoms in total. The fourth-order valence-corrected chi connectivity index (χ4v) is 5.21. The molecule has 1 aliphatic rings. The van der Waals surface area contributed by atoms with Crippen LogP contribution in [0.1, 0.15) is 20.8 Å². The van der Waals surface area contributed by atoms with Gasteiger partial charge >= 0.3 is 0 Å². The Bertz CT molecular complexity index is 626. The van der Waals surface area contributed by atoms with Gasteiger partial charge in [-0.15, -0.1) is 11.8 Å². The number of anilines is 1. The van der Waals surface area contributed by atoms with Gasteiger partial charge in [0.1, 0.15) is 5.75 Å². The zero-order valence-electron chi connectivity index (χ0n) is 12.6. The van der Waals surface area contributed by atoms with Crippen LogP contribution in [0.4, 0.5) is 5.69 Å². The van der Waals surface area contributed by atoms with Crippen molar-refractivity contribution in [3.63, 3.8) is 0 Å². The Labute approximate surface area is 130 Å². The Hall–Kier alpha value is -1.01. The summed E-state index contributed by atoms with van der Waals surface area (Å²) in [7, 11) is -3.35. The molecule has 0 spiro atoms. The molecule has 0 aliphatic carbocycles. The normalized spacial score (nSPS) is 18.7. The molecule has 2 rings (SSSR count). The van der Waals surface area contributed by atoms with E-state index in [0.29, 0.717) is 0 Å². The van der Waals surface area contributed by atoms with Gasteiger partial charge in [0.25, 0.3) is 0 Å². The van der Waals surface area contributed by atoms with Crippen molar-refractivity contribution in [3.05, 3.63) is 24.3 Å². The van der Waals surface area contributed by atoms with E-state index in [9.17, 15) is 13.2 Å². The van der Waals surface area contributed by atoms with Crippen LogP contribution in [0.25, 0.3) is 0 Å². The zero-order chi connectivity index (χ0) is 15.6. The van der Waals surface area contributed by atoms with Gasteiger partial charge in [0.05, 0.1) is 11.4 Å². The van der Waals surface area contributed by atoms with Gasteiger partial charge in [-0.05, 0) is 25.0 Å². The van der Waals surface area contributed by atoms with Crippen LogP contribution in [0.3, 0.4) is 0 Å². The topological polar surface area (TPSA) is 54.5 Å². The third-order valence-corrected chi connectivity index (χ3v) is 6.41. The number of hydrogen-bond acceptors (Lipinski definition) is 4. The number of thioether (sulfide) groups is 1. The van der Waals surface area contributed by atoms with Crippen LogP contribution in [-0.2, 0) is 14.6 Å². The molecule has 1 heterocycles. The molecule has 0 N–H and O–H groups in total. The summed E-state index contributed by atoms with van der Waals surface area (Å²) in [6, 6.07) is 7.66. The molecule has 6 heteroatoms. The fourth-order valence-electron chi connectivity index (χ4n) is 2.51. The molecule has 21 heavy (non-hydrogen) atoms. The third kappa shape index (κ3) is 4.01. The van der Waals surface area contributed by atoms with Gasteiger partial charge in [0.15, 0.2) is 9.84 Å². The summed E-state index contributed by atoms with van der Waals surface area (Å²) >= 11 is 1.70. The minimum atomic E-state index is -3.35. The summed E-state index contributed by atoms with van der Waals surface area (Å²) in [5, 5.41) is 0. The zero-order valence-corrected chi connectivity index (χ0v) is 14.2. The predicted molar refractivity (Wildman–Crippen MR) is 87.6 cm³/mol. The van der Waals surface area contributed by atoms with E-state index in [1.165, 1.54) is 0 Å². The first kappa shape index (κ1) is 16.4. The number of carbonyl (C=O) groups excluding carboxylic acids is 1. The number of nitrogens with zero attached hydrogens (tertiary/aromatic N) is 1. The van der Waals surface area contributed by atoms with E-state index in [-0.39, 0.29) is 23.6 Å². The largest absolute Gasteiger partial charge is 0.307 e. The molecule has 1 amide bonds. The van der Waals surface area contributed by atoms with Gasteiger partial charge in [-0.2, -0.15) is 0 Å². The van der Waals surface area contributed by atoms with Gasteiger partial charge in [0.2, 0.25) is 5.91 Å². The van der Waals surface area contributed by atoms with E-state index in [1.54, 1.807) is 16.7 Å². The predicted octanol–water partition coefficient (Wildman–Crippen LogP) is 2.58. The molecule has 1 aliphatic heterocycles. The van der Waals surface area contributed by atoms with Crippen molar-refractivity contribution in [1.82, 2.24) is 0 Å². The number of rotatable bonds is 4. The Balaban J connectivity index is 2.23. The number of hydrogen-bond donors (Lipinski definition) is 0. The van der Waals surface area contributed by atoms with Crippen molar-refractivity contribution < 1.29 is 13.2 Å². The summed E-state index contributed by atoms with van der Waals surface area (Å²) in [6.07, 6.45) is 0. The molecule has 0 fully saturated rings. The Morgan fingerprint density at radius 2 is 2.05 bits per heavy atom. The Morgan fingerprint density at radius 3 is 2.71 bits per heavy atom. The lowest BCUT2D eigenvalue weighted by molar-refractivity contribution is -0.116. The Kier molecular flexibility index (Phi) is 4.99. The van der Waals surface area contributed by atoms with Crippen LogP contribution in [0.5, 0.6) is 0 Å². The number of amides is 1. The molecule has 116 valence electrons. The molecule has 0 saturated heterocycles. The molecule has 0 unspecified atom stereocenters. The van der Waals surface area contributed by atoms with Gasteiger partial charge in [0, 0.05) is 16.7 Å². The van der Waals surface area contributed by atoms with Crippen molar-refractivity contribution in [2.24, 2.45) is 5.92 Å². The quantitative estimate of drug-likeness (QED) is 0.853. The summed E-state index contributed by atoms with van der Waals surface area (Å²) < 4.78 is 24.1. The molecular weight excluding hydrogens is 306 g/mol. The highest BCUT2D eigenvalue weighted by molar-refractivity contribution is 7.99. The van der Waals surface area contributed by atoms with Crippen LogP contribution < -0.4 is 4.90 Å². The number of para-hydroxylation sites is 1. The van der Waals surface area contributed by atoms with E-state index < -0.39 is 15.6 Å². The molecule has 1 aromatic rings. The summed E-state index contributed by atoms with van der Waals surface area (Å²) in [5.74, 6) is 0.138. The smallest absolute Gasteiger partial charge is 0.242 e. The lowest BCUT2D eigenvalue weighted by Gasteiger charge is -2.34. The first-order valence-electron chi connectivity index (χ1n) is 7.04. The van der Waals surface area contributed by atoms with E-state index in [0.717, 1.165) is 16.3 Å². The van der Waals surface area contributed by atoms with Crippen molar-refractivity contribution >= 4 is 33.2 Å². The van der Waals surface area contributed by atoms with Crippen molar-refractivity contribution in [2.75, 3.05) is 22.2 Å². The molecule has 0 saturated carbocycles. The molecular formula is C15H21NO3S2. The highest BCUT2D eigenvalue weighted by Crippen LogP contribution is 2.37. The monoisotopic (exact) mass is 327 g/mol. The molecule has 0 bridgehead atoms. The van der Waals surface area contributed by atoms with Gasteiger partial charge in [-0.1, -0.05) is 26.0 Å². The van der Waals surface area contributed by atoms with E-state index in [2.05, 4.69) is 0 Å². The van der Waals surface area contributed by atoms with E-state index in [1.807, 2.05) is 45.0 Å². The van der Waals surface area contributed by atoms with Gasteiger partial charge in [-0.25, -0.2) is 8.42 Å². The summed E-state index contributed by atoms with van der Waals surface area (Å²) in [6.45, 7) is 5.64. The number of fused-ring (bicyclic) bond motifs is 1. The molecule has 0 aromatic heterocycles. The summed E-state index contributed by atoms with van der Waals surface area (Å²) in [4.78, 5) is 15.2. The van der Waals surface area contributed by atoms with Crippen LogP contribution in [0, 0.1) is 5.92 Å². The lowest BCUT2D eigenvalue weighted by Crippen LogP contribution is -2.45. The van der Waals surface area contributed by atoms with Crippen molar-refractivity contribution in [1.29, 1.82) is 0 Å². The Morgan fingerprint density at radius 1 is 1.38 bits per heavy atom. The average Bonchev–Trinajstić information content (AvgIpc) is 2.35. The lowest BCUT2D eigenvalue weighted by atomic mass is 10.2. The second-order valence-electron chi connectivity index (χ2n) is 5.84. The number of benzene rings is 1. The van der Waals surface area contributed by atoms with Crippen molar-refractivity contribution in [2.45, 2.75) is 31.7 Å². The van der Waals surface area contributed by atoms with Crippen molar-refractivity contribution in [3.8, 4) is 0 Å². The van der Waals surface area contributed by atoms with E-state index >= 15 is 0 Å². The summed E-state index contributed by atoms with van der Waals surface area (Å²) in [5.41, 5.74) is 0.825. The number of carbonyl (C=O) groups is 1. The highest BCUT2D eigenvalue weighted by atomic mass is 32.2. The first-order chi connectivity index (χ1) is 9.80. The first-order valence-corrected chi connectivity index (χ1v) is 9.85. The van der Waals surface area contributed by atoms with Gasteiger partial charge < -0.3 is 4.90 Å². The second-order valence-corrected chi connectivity index (χ2v) is 9.01. The average molecular weight is 327 g/mol. The maximum atomic E-state index is 12.5. The van der Waals surface area contributed by atoms with Crippen LogP contribution in [0.15, 0.2) is 29.2 Å². The van der Waals surface area contributed by atoms with Crippen LogP contribution >= 0.6 is 11.8 Å². The fraction of sp³-hybridized carbons (Fsp3) is 0.533. The standard InChI is InChI=1S/C15H21NO3S2/c1-11(2)9-21(18,19)10-15(17)16-12(3)8-20-14-7-5-4-6-13(14)16/h4-7,11-12H,8-10H2,1-3H3/t12-/m0/s1. The molecule has 1 atom stereocenters. The minimum absolute atomic E-state index is 0.00616. The minimum Gasteiger partial charge on any atom is -0.307 e. The second kappa shape index (κ2) is 6.40. The van der Waals surface area contributed by atoms with Gasteiger partial charge in [-0.3, -0.25) is 4.79 Å². The third-order valence-electron chi connectivity index (χ3n) is 3.24. The molecule has 1 aromatic carbocycles. The van der Waals surface area contributed by atoms with E-state index in [4.69, 9.17) is 0 Å². The van der Waals surface area contributed by atoms with Crippen LogP contribution in [0.2, 0.25) is 0 Å². The maximum Gasteiger partial charge on any atom is 0.242 e. The SMILES string of the molecule is CC(C)CS(=O)(=O)CC(=O)N1c2ccccc2SC[C@@H]1C. The van der Waals surface area contributed by atoms with Crippen LogP contribution in [-0.4, -0.2) is 37.6 Å².